The van der Waals surface area contributed by atoms with Gasteiger partial charge in [-0.25, -0.2) is 10.9 Å². The molecule has 3 rings (SSSR count). The number of allylic oxidation sites excluding steroid dienone is 5. The number of rotatable bonds is 2. The second-order valence-electron chi connectivity index (χ2n) is 5.15. The molecule has 108 valence electrons. The lowest BCUT2D eigenvalue weighted by Crippen LogP contribution is -2.33. The number of ketones is 1. The van der Waals surface area contributed by atoms with Gasteiger partial charge in [0.15, 0.2) is 11.5 Å². The monoisotopic (exact) mass is 284 g/mol. The Hall–Kier alpha value is -2.47. The van der Waals surface area contributed by atoms with Crippen molar-refractivity contribution in [2.75, 3.05) is 0 Å². The number of aryl methyl sites for hydroxylation is 1. The van der Waals surface area contributed by atoms with Gasteiger partial charge in [0, 0.05) is 17.5 Å². The number of aromatic nitrogens is 2. The number of hydrazine groups is 1. The van der Waals surface area contributed by atoms with Crippen LogP contribution in [0.15, 0.2) is 36.1 Å². The van der Waals surface area contributed by atoms with Crippen molar-refractivity contribution in [3.8, 4) is 0 Å². The van der Waals surface area contributed by atoms with Crippen molar-refractivity contribution in [2.45, 2.75) is 25.7 Å². The molecule has 1 aromatic rings. The van der Waals surface area contributed by atoms with Gasteiger partial charge in [-0.3, -0.25) is 14.7 Å². The average Bonchev–Trinajstić information content (AvgIpc) is 2.92. The van der Waals surface area contributed by atoms with Crippen LogP contribution in [0.5, 0.6) is 0 Å². The van der Waals surface area contributed by atoms with Crippen LogP contribution in [0.4, 0.5) is 0 Å². The Morgan fingerprint density at radius 3 is 2.71 bits per heavy atom. The molecular formula is C15H16N4O2. The lowest BCUT2D eigenvalue weighted by Gasteiger charge is -2.14. The van der Waals surface area contributed by atoms with E-state index in [0.29, 0.717) is 11.3 Å². The number of aromatic amines is 1. The van der Waals surface area contributed by atoms with Gasteiger partial charge < -0.3 is 0 Å². The van der Waals surface area contributed by atoms with Crippen molar-refractivity contribution in [1.82, 2.24) is 15.2 Å². The Bertz CT molecular complexity index is 664. The minimum atomic E-state index is -0.347. The first-order chi connectivity index (χ1) is 10.1. The van der Waals surface area contributed by atoms with Gasteiger partial charge in [-0.15, -0.1) is 0 Å². The van der Waals surface area contributed by atoms with Crippen molar-refractivity contribution >= 4 is 11.7 Å². The van der Waals surface area contributed by atoms with E-state index < -0.39 is 0 Å². The predicted molar refractivity (Wildman–Crippen MR) is 77.0 cm³/mol. The molecule has 0 unspecified atom stereocenters. The fourth-order valence-corrected chi connectivity index (χ4v) is 2.55. The van der Waals surface area contributed by atoms with E-state index in [-0.39, 0.29) is 11.7 Å². The van der Waals surface area contributed by atoms with Crippen molar-refractivity contribution in [1.29, 1.82) is 0 Å². The summed E-state index contributed by atoms with van der Waals surface area (Å²) in [6.45, 7) is 0. The van der Waals surface area contributed by atoms with Crippen LogP contribution in [0.25, 0.3) is 0 Å². The van der Waals surface area contributed by atoms with Gasteiger partial charge in [0.1, 0.15) is 0 Å². The predicted octanol–water partition coefficient (Wildman–Crippen LogP) is 1.18. The molecule has 2 aliphatic carbocycles. The number of amides is 1. The topological polar surface area (TPSA) is 92.1 Å². The van der Waals surface area contributed by atoms with Gasteiger partial charge >= 0.3 is 0 Å². The second kappa shape index (κ2) is 5.49. The number of H-pyrrole nitrogens is 1. The zero-order valence-electron chi connectivity index (χ0n) is 11.5. The first kappa shape index (κ1) is 13.5. The van der Waals surface area contributed by atoms with Crippen LogP contribution in [0, 0.1) is 0 Å². The van der Waals surface area contributed by atoms with Crippen LogP contribution in [0.2, 0.25) is 0 Å². The van der Waals surface area contributed by atoms with E-state index in [0.717, 1.165) is 41.9 Å². The van der Waals surface area contributed by atoms with Gasteiger partial charge in [-0.1, -0.05) is 0 Å². The summed E-state index contributed by atoms with van der Waals surface area (Å²) in [5.41, 5.74) is 3.09. The van der Waals surface area contributed by atoms with Crippen LogP contribution >= 0.6 is 0 Å². The smallest absolute Gasteiger partial charge is 0.290 e. The number of hydrogen-bond donors (Lipinski definition) is 2. The maximum absolute atomic E-state index is 12.4. The molecule has 1 aromatic heterocycles. The molecule has 0 atom stereocenters. The summed E-state index contributed by atoms with van der Waals surface area (Å²) in [5, 5.41) is 8.05. The fourth-order valence-electron chi connectivity index (χ4n) is 2.55. The zero-order chi connectivity index (χ0) is 14.8. The van der Waals surface area contributed by atoms with Crippen LogP contribution in [-0.2, 0) is 17.6 Å². The SMILES string of the molecule is NN(C=C1C=CC(=O)C=C1)C(=O)c1n[nH]c2c1CCCC2. The Balaban J connectivity index is 1.81. The summed E-state index contributed by atoms with van der Waals surface area (Å²) in [7, 11) is 0. The van der Waals surface area contributed by atoms with Crippen LogP contribution < -0.4 is 5.84 Å². The minimum absolute atomic E-state index is 0.0802. The van der Waals surface area contributed by atoms with Crippen molar-refractivity contribution in [3.05, 3.63) is 53.0 Å². The summed E-state index contributed by atoms with van der Waals surface area (Å²) in [4.78, 5) is 23.4. The Kier molecular flexibility index (Phi) is 3.53. The summed E-state index contributed by atoms with van der Waals surface area (Å²) < 4.78 is 0. The highest BCUT2D eigenvalue weighted by Crippen LogP contribution is 2.22. The Morgan fingerprint density at radius 2 is 1.95 bits per heavy atom. The average molecular weight is 284 g/mol. The number of carbonyl (C=O) groups is 2. The Labute approximate surface area is 122 Å². The maximum Gasteiger partial charge on any atom is 0.292 e. The summed E-state index contributed by atoms with van der Waals surface area (Å²) in [6.07, 6.45) is 11.5. The Morgan fingerprint density at radius 1 is 1.24 bits per heavy atom. The third-order valence-electron chi connectivity index (χ3n) is 3.66. The number of fused-ring (bicyclic) bond motifs is 1. The van der Waals surface area contributed by atoms with Gasteiger partial charge in [-0.05, 0) is 55.6 Å². The summed E-state index contributed by atoms with van der Waals surface area (Å²) in [5.74, 6) is 5.38. The molecule has 0 aromatic carbocycles. The molecule has 21 heavy (non-hydrogen) atoms. The van der Waals surface area contributed by atoms with Gasteiger partial charge in [-0.2, -0.15) is 5.10 Å². The summed E-state index contributed by atoms with van der Waals surface area (Å²) >= 11 is 0. The molecule has 6 heteroatoms. The van der Waals surface area contributed by atoms with E-state index in [9.17, 15) is 9.59 Å². The number of nitrogens with one attached hydrogen (secondary N) is 1. The van der Waals surface area contributed by atoms with E-state index in [2.05, 4.69) is 10.2 Å². The number of hydrogen-bond acceptors (Lipinski definition) is 4. The lowest BCUT2D eigenvalue weighted by molar-refractivity contribution is -0.110. The number of nitrogens with two attached hydrogens (primary N) is 1. The molecule has 1 heterocycles. The van der Waals surface area contributed by atoms with E-state index >= 15 is 0 Å². The van der Waals surface area contributed by atoms with Crippen molar-refractivity contribution < 1.29 is 9.59 Å². The highest BCUT2D eigenvalue weighted by Gasteiger charge is 2.23. The molecule has 0 aliphatic heterocycles. The molecule has 0 spiro atoms. The largest absolute Gasteiger partial charge is 0.292 e. The molecule has 1 amide bonds. The fraction of sp³-hybridized carbons (Fsp3) is 0.267. The zero-order valence-corrected chi connectivity index (χ0v) is 11.5. The lowest BCUT2D eigenvalue weighted by atomic mass is 9.96. The molecule has 0 saturated carbocycles. The quantitative estimate of drug-likeness (QED) is 0.484. The molecular weight excluding hydrogens is 268 g/mol. The number of nitrogens with zero attached hydrogens (tertiary/aromatic N) is 2. The van der Waals surface area contributed by atoms with E-state index in [1.807, 2.05) is 0 Å². The van der Waals surface area contributed by atoms with Crippen molar-refractivity contribution in [3.63, 3.8) is 0 Å². The van der Waals surface area contributed by atoms with E-state index in [1.165, 1.54) is 18.4 Å². The molecule has 0 bridgehead atoms. The third kappa shape index (κ3) is 2.71. The highest BCUT2D eigenvalue weighted by atomic mass is 16.2. The maximum atomic E-state index is 12.4. The van der Waals surface area contributed by atoms with Crippen LogP contribution in [0.1, 0.15) is 34.6 Å². The highest BCUT2D eigenvalue weighted by molar-refractivity contribution is 6.01. The van der Waals surface area contributed by atoms with E-state index in [4.69, 9.17) is 5.84 Å². The molecule has 0 fully saturated rings. The van der Waals surface area contributed by atoms with E-state index in [1.54, 1.807) is 12.2 Å². The number of carbonyl (C=O) groups excluding carboxylic acids is 2. The normalized spacial score (nSPS) is 16.8. The molecule has 6 nitrogen and oxygen atoms in total. The van der Waals surface area contributed by atoms with Gasteiger partial charge in [0.25, 0.3) is 5.91 Å². The molecule has 0 radical (unpaired) electrons. The van der Waals surface area contributed by atoms with Gasteiger partial charge in [0.05, 0.1) is 0 Å². The first-order valence-electron chi connectivity index (χ1n) is 6.91. The van der Waals surface area contributed by atoms with Gasteiger partial charge in [0.2, 0.25) is 0 Å². The molecule has 3 N–H and O–H groups in total. The van der Waals surface area contributed by atoms with Crippen LogP contribution in [-0.4, -0.2) is 26.9 Å². The second-order valence-corrected chi connectivity index (χ2v) is 5.15. The first-order valence-corrected chi connectivity index (χ1v) is 6.91. The summed E-state index contributed by atoms with van der Waals surface area (Å²) in [6, 6.07) is 0. The third-order valence-corrected chi connectivity index (χ3v) is 3.66. The molecule has 2 aliphatic rings. The molecule has 0 saturated heterocycles. The minimum Gasteiger partial charge on any atom is -0.290 e. The standard InChI is InChI=1S/C15H16N4O2/c16-19(9-10-5-7-11(20)8-6-10)15(21)14-12-3-1-2-4-13(12)17-18-14/h5-9H,1-4,16H2,(H,17,18). The van der Waals surface area contributed by atoms with Crippen LogP contribution in [0.3, 0.4) is 0 Å². The van der Waals surface area contributed by atoms with Crippen molar-refractivity contribution in [2.24, 2.45) is 5.84 Å².